The maximum atomic E-state index is 7.01. The lowest BCUT2D eigenvalue weighted by molar-refractivity contribution is 0.258. The second-order valence-electron chi connectivity index (χ2n) is 7.75. The van der Waals surface area contributed by atoms with Crippen LogP contribution >= 0.6 is 139 Å². The molecule has 5 aliphatic carbocycles. The smallest absolute Gasteiger partial charge is 0.109 e. The maximum absolute atomic E-state index is 7.01. The molecule has 0 nitrogen and oxygen atoms in total. The van der Waals surface area contributed by atoms with E-state index in [0.29, 0.717) is 6.42 Å². The topological polar surface area (TPSA) is 0 Å². The van der Waals surface area contributed by atoms with Crippen molar-refractivity contribution in [2.24, 2.45) is 23.7 Å². The number of fused-ring (bicyclic) bond motifs is 11. The molecule has 0 aromatic heterocycles. The van der Waals surface area contributed by atoms with Gasteiger partial charge in [-0.05, 0) is 30.1 Å². The largest absolute Gasteiger partial charge is 0.166 e. The van der Waals surface area contributed by atoms with Crippen LogP contribution in [0.15, 0.2) is 20.1 Å². The second kappa shape index (κ2) is 5.53. The average Bonchev–Trinajstić information content (AvgIpc) is 3.16. The van der Waals surface area contributed by atoms with Gasteiger partial charge in [0, 0.05) is 0 Å². The first-order valence-electron chi connectivity index (χ1n) is 7.74. The summed E-state index contributed by atoms with van der Waals surface area (Å²) in [5.41, 5.74) is 0. The first-order chi connectivity index (χ1) is 12.1. The summed E-state index contributed by atoms with van der Waals surface area (Å²) < 4.78 is -3.37. The molecule has 0 heterocycles. The van der Waals surface area contributed by atoms with E-state index >= 15 is 0 Å². The predicted molar refractivity (Wildman–Crippen MR) is 119 cm³/mol. The number of hydrogen-bond acceptors (Lipinski definition) is 0. The fraction of sp³-hybridized carbons (Fsp3) is 0.733. The molecule has 0 aromatic carbocycles. The third-order valence-corrected chi connectivity index (χ3v) is 15.8. The van der Waals surface area contributed by atoms with E-state index < -0.39 is 40.0 Å². The molecule has 0 aromatic rings. The van der Waals surface area contributed by atoms with E-state index in [1.807, 2.05) is 0 Å². The molecule has 0 spiro atoms. The second-order valence-corrected chi connectivity index (χ2v) is 14.3. The van der Waals surface area contributed by atoms with Gasteiger partial charge in [-0.1, -0.05) is 92.8 Å². The molecule has 27 heavy (non-hydrogen) atoms. The SMILES string of the molecule is ClC1=C(Cl)[C@@]2(Cl)[C@H]3C[C@H]4[C@H]([C@@H]3[C@@]1(Cl)C2(Cl)Cl)[C@@]1(Cl)C(Cl)=C(Cl)[C@@]4(Cl)C1(Cl)Cl. The van der Waals surface area contributed by atoms with Crippen LogP contribution in [-0.2, 0) is 0 Å². The first kappa shape index (κ1) is 21.8. The molecular formula is C15H6Cl12. The van der Waals surface area contributed by atoms with Crippen LogP contribution in [0.25, 0.3) is 0 Å². The molecule has 0 aliphatic heterocycles. The summed E-state index contributed by atoms with van der Waals surface area (Å²) in [5, 5.41) is 0.417. The van der Waals surface area contributed by atoms with Gasteiger partial charge in [0.2, 0.25) is 0 Å². The van der Waals surface area contributed by atoms with Crippen molar-refractivity contribution in [1.29, 1.82) is 0 Å². The molecule has 12 heteroatoms. The predicted octanol–water partition coefficient (Wildman–Crippen LogP) is 8.55. The van der Waals surface area contributed by atoms with E-state index in [2.05, 4.69) is 0 Å². The minimum Gasteiger partial charge on any atom is -0.109 e. The Hall–Kier alpha value is 2.96. The fourth-order valence-corrected chi connectivity index (χ4v) is 12.4. The molecule has 0 saturated heterocycles. The van der Waals surface area contributed by atoms with E-state index in [1.54, 1.807) is 0 Å². The van der Waals surface area contributed by atoms with Gasteiger partial charge in [0.1, 0.15) is 19.5 Å². The molecule has 5 rings (SSSR count). The van der Waals surface area contributed by atoms with Crippen molar-refractivity contribution >= 4 is 139 Å². The molecule has 150 valence electrons. The molecule has 3 fully saturated rings. The van der Waals surface area contributed by atoms with Gasteiger partial charge in [-0.3, -0.25) is 0 Å². The van der Waals surface area contributed by atoms with Gasteiger partial charge in [0.25, 0.3) is 0 Å². The summed E-state index contributed by atoms with van der Waals surface area (Å²) in [6, 6.07) is 0. The molecule has 8 atom stereocenters. The minimum absolute atomic E-state index is 0.0836. The molecule has 5 aliphatic rings. The van der Waals surface area contributed by atoms with E-state index in [-0.39, 0.29) is 32.0 Å². The van der Waals surface area contributed by atoms with Crippen molar-refractivity contribution in [2.45, 2.75) is 34.6 Å². The molecule has 0 radical (unpaired) electrons. The van der Waals surface area contributed by atoms with Crippen molar-refractivity contribution in [3.8, 4) is 0 Å². The Bertz CT molecular complexity index is 806. The van der Waals surface area contributed by atoms with Gasteiger partial charge in [-0.15, -0.1) is 46.4 Å². The Kier molecular flexibility index (Phi) is 4.47. The van der Waals surface area contributed by atoms with Crippen LogP contribution in [0, 0.1) is 23.7 Å². The highest BCUT2D eigenvalue weighted by Gasteiger charge is 2.92. The van der Waals surface area contributed by atoms with Crippen LogP contribution in [0.1, 0.15) is 6.42 Å². The highest BCUT2D eigenvalue weighted by Crippen LogP contribution is 2.88. The molecule has 0 amide bonds. The van der Waals surface area contributed by atoms with Crippen LogP contribution < -0.4 is 0 Å². The Morgan fingerprint density at radius 1 is 0.481 bits per heavy atom. The van der Waals surface area contributed by atoms with E-state index in [4.69, 9.17) is 139 Å². The highest BCUT2D eigenvalue weighted by atomic mass is 35.5. The molecule has 3 saturated carbocycles. The lowest BCUT2D eigenvalue weighted by Crippen LogP contribution is -2.51. The minimum atomic E-state index is -1.69. The fourth-order valence-electron chi connectivity index (χ4n) is 6.16. The standard InChI is InChI=1S/C15H6Cl12/c16-6-8(18)12(22)4-2(10(6,20)14(12,24)25)1-3-5(4)13(23)9(19)7(17)11(3,21)15(13,26)27/h2-5H,1H2/t2-,3-,4+,5+,10-,11+,12-,13+/m0/s1. The highest BCUT2D eigenvalue weighted by molar-refractivity contribution is 6.67. The van der Waals surface area contributed by atoms with E-state index in [0.717, 1.165) is 0 Å². The van der Waals surface area contributed by atoms with Crippen LogP contribution in [0.4, 0.5) is 0 Å². The Balaban J connectivity index is 1.80. The monoisotopic (exact) mass is 606 g/mol. The quantitative estimate of drug-likeness (QED) is 0.241. The number of allylic oxidation sites excluding steroid dienone is 4. The lowest BCUT2D eigenvalue weighted by atomic mass is 9.74. The van der Waals surface area contributed by atoms with Crippen LogP contribution in [0.3, 0.4) is 0 Å². The zero-order valence-electron chi connectivity index (χ0n) is 12.6. The molecule has 0 unspecified atom stereocenters. The van der Waals surface area contributed by atoms with Crippen molar-refractivity contribution in [1.82, 2.24) is 0 Å². The van der Waals surface area contributed by atoms with Gasteiger partial charge in [-0.2, -0.15) is 0 Å². The van der Waals surface area contributed by atoms with Crippen LogP contribution in [0.5, 0.6) is 0 Å². The van der Waals surface area contributed by atoms with Gasteiger partial charge in [0.05, 0.1) is 20.1 Å². The van der Waals surface area contributed by atoms with Crippen LogP contribution in [-0.4, -0.2) is 28.2 Å². The lowest BCUT2D eigenvalue weighted by Gasteiger charge is -2.43. The average molecular weight is 612 g/mol. The van der Waals surface area contributed by atoms with Gasteiger partial charge in [0.15, 0.2) is 8.67 Å². The number of alkyl halides is 8. The summed E-state index contributed by atoms with van der Waals surface area (Å²) in [6.45, 7) is 0. The Labute approximate surface area is 215 Å². The van der Waals surface area contributed by atoms with Crippen molar-refractivity contribution in [3.05, 3.63) is 20.1 Å². The Morgan fingerprint density at radius 3 is 1.04 bits per heavy atom. The summed E-state index contributed by atoms with van der Waals surface area (Å²) >= 11 is 80.6. The Morgan fingerprint density at radius 2 is 0.741 bits per heavy atom. The molecule has 4 bridgehead atoms. The van der Waals surface area contributed by atoms with Gasteiger partial charge < -0.3 is 0 Å². The van der Waals surface area contributed by atoms with Crippen molar-refractivity contribution in [3.63, 3.8) is 0 Å². The summed E-state index contributed by atoms with van der Waals surface area (Å²) in [6.07, 6.45) is 0.397. The zero-order valence-corrected chi connectivity index (χ0v) is 21.6. The number of halogens is 12. The molecular weight excluding hydrogens is 606 g/mol. The van der Waals surface area contributed by atoms with Gasteiger partial charge >= 0.3 is 0 Å². The summed E-state index contributed by atoms with van der Waals surface area (Å²) in [4.78, 5) is -5.83. The number of hydrogen-bond donors (Lipinski definition) is 0. The zero-order chi connectivity index (χ0) is 20.3. The summed E-state index contributed by atoms with van der Waals surface area (Å²) in [7, 11) is 0. The van der Waals surface area contributed by atoms with Crippen molar-refractivity contribution in [2.75, 3.05) is 0 Å². The third-order valence-electron chi connectivity index (χ3n) is 7.19. The van der Waals surface area contributed by atoms with Gasteiger partial charge in [-0.25, -0.2) is 0 Å². The van der Waals surface area contributed by atoms with Crippen molar-refractivity contribution < 1.29 is 0 Å². The van der Waals surface area contributed by atoms with E-state index in [1.165, 1.54) is 0 Å². The normalized spacial score (nSPS) is 59.1. The third kappa shape index (κ3) is 1.71. The van der Waals surface area contributed by atoms with E-state index in [9.17, 15) is 0 Å². The summed E-state index contributed by atoms with van der Waals surface area (Å²) in [5.74, 6) is -1.82. The first-order valence-corrected chi connectivity index (χ1v) is 12.3. The number of rotatable bonds is 0. The molecule has 0 N–H and O–H groups in total. The maximum Gasteiger partial charge on any atom is 0.166 e. The van der Waals surface area contributed by atoms with Crippen LogP contribution in [0.2, 0.25) is 0 Å².